The predicted octanol–water partition coefficient (Wildman–Crippen LogP) is 2.93. The summed E-state index contributed by atoms with van der Waals surface area (Å²) >= 11 is 0. The molecule has 0 saturated carbocycles. The number of rotatable bonds is 1. The molecular formula is C13H13F3N2O. The molecule has 3 rings (SSSR count). The van der Waals surface area contributed by atoms with Crippen molar-refractivity contribution < 1.29 is 17.6 Å². The highest BCUT2D eigenvalue weighted by molar-refractivity contribution is 5.76. The van der Waals surface area contributed by atoms with Crippen LogP contribution >= 0.6 is 0 Å². The highest BCUT2D eigenvalue weighted by Crippen LogP contribution is 2.45. The van der Waals surface area contributed by atoms with Gasteiger partial charge in [0.25, 0.3) is 0 Å². The third kappa shape index (κ3) is 1.74. The van der Waals surface area contributed by atoms with Crippen LogP contribution in [0.4, 0.5) is 13.2 Å². The first-order chi connectivity index (χ1) is 8.94. The van der Waals surface area contributed by atoms with Gasteiger partial charge in [-0.2, -0.15) is 13.2 Å². The van der Waals surface area contributed by atoms with E-state index in [0.717, 1.165) is 5.56 Å². The van der Waals surface area contributed by atoms with Gasteiger partial charge in [0.1, 0.15) is 5.52 Å². The van der Waals surface area contributed by atoms with Crippen LogP contribution in [0.5, 0.6) is 0 Å². The minimum absolute atomic E-state index is 0.0393. The van der Waals surface area contributed by atoms with Crippen LogP contribution in [0.25, 0.3) is 11.1 Å². The highest BCUT2D eigenvalue weighted by Gasteiger charge is 2.60. The quantitative estimate of drug-likeness (QED) is 0.865. The van der Waals surface area contributed by atoms with Crippen molar-refractivity contribution in [2.45, 2.75) is 24.9 Å². The van der Waals surface area contributed by atoms with E-state index in [-0.39, 0.29) is 18.9 Å². The Balaban J connectivity index is 2.19. The molecular weight excluding hydrogens is 257 g/mol. The van der Waals surface area contributed by atoms with Crippen molar-refractivity contribution in [2.24, 2.45) is 0 Å². The number of benzene rings is 1. The second kappa shape index (κ2) is 3.96. The van der Waals surface area contributed by atoms with E-state index in [0.29, 0.717) is 17.6 Å². The molecule has 1 aromatic heterocycles. The molecule has 1 aliphatic heterocycles. The molecule has 1 fully saturated rings. The minimum Gasteiger partial charge on any atom is -0.439 e. The molecule has 1 atom stereocenters. The van der Waals surface area contributed by atoms with Crippen LogP contribution in [0.3, 0.4) is 0 Å². The third-order valence-electron chi connectivity index (χ3n) is 3.72. The summed E-state index contributed by atoms with van der Waals surface area (Å²) in [6, 6.07) is 5.23. The molecule has 2 aromatic rings. The van der Waals surface area contributed by atoms with Gasteiger partial charge >= 0.3 is 6.18 Å². The van der Waals surface area contributed by atoms with E-state index in [1.165, 1.54) is 0 Å². The molecule has 0 aliphatic carbocycles. The number of hydrogen-bond donors (Lipinski definition) is 1. The Kier molecular flexibility index (Phi) is 2.60. The van der Waals surface area contributed by atoms with Gasteiger partial charge < -0.3 is 9.73 Å². The normalized spacial score (nSPS) is 24.2. The van der Waals surface area contributed by atoms with Gasteiger partial charge in [-0.25, -0.2) is 4.98 Å². The smallest absolute Gasteiger partial charge is 0.404 e. The maximum Gasteiger partial charge on any atom is 0.404 e. The second-order valence-electron chi connectivity index (χ2n) is 4.95. The molecule has 2 heterocycles. The van der Waals surface area contributed by atoms with E-state index >= 15 is 0 Å². The van der Waals surface area contributed by atoms with Crippen molar-refractivity contribution >= 4 is 11.1 Å². The number of nitrogens with zero attached hydrogens (tertiary/aromatic N) is 1. The van der Waals surface area contributed by atoms with E-state index in [1.54, 1.807) is 25.1 Å². The number of nitrogens with one attached hydrogen (secondary N) is 1. The molecule has 102 valence electrons. The van der Waals surface area contributed by atoms with Gasteiger partial charge in [0.05, 0.1) is 0 Å². The number of aromatic nitrogens is 1. The van der Waals surface area contributed by atoms with Crippen LogP contribution in [-0.2, 0) is 5.41 Å². The summed E-state index contributed by atoms with van der Waals surface area (Å²) < 4.78 is 45.6. The van der Waals surface area contributed by atoms with Gasteiger partial charge in [0, 0.05) is 6.54 Å². The summed E-state index contributed by atoms with van der Waals surface area (Å²) in [6.07, 6.45) is -4.41. The Morgan fingerprint density at radius 2 is 2.16 bits per heavy atom. The van der Waals surface area contributed by atoms with Gasteiger partial charge in [-0.3, -0.25) is 0 Å². The van der Waals surface area contributed by atoms with Crippen molar-refractivity contribution in [3.63, 3.8) is 0 Å². The van der Waals surface area contributed by atoms with Gasteiger partial charge in [-0.05, 0) is 31.5 Å². The Morgan fingerprint density at radius 3 is 2.74 bits per heavy atom. The Morgan fingerprint density at radius 1 is 1.37 bits per heavy atom. The average Bonchev–Trinajstić information content (AvgIpc) is 2.95. The summed E-state index contributed by atoms with van der Waals surface area (Å²) in [4.78, 5) is 4.07. The molecule has 0 bridgehead atoms. The molecule has 0 amide bonds. The fraction of sp³-hybridized carbons (Fsp3) is 0.462. The fourth-order valence-electron chi connectivity index (χ4n) is 2.53. The van der Waals surface area contributed by atoms with Crippen LogP contribution < -0.4 is 5.32 Å². The summed E-state index contributed by atoms with van der Waals surface area (Å²) in [5, 5.41) is 2.76. The van der Waals surface area contributed by atoms with Crippen LogP contribution in [0.15, 0.2) is 22.6 Å². The van der Waals surface area contributed by atoms with Crippen molar-refractivity contribution in [2.75, 3.05) is 13.1 Å². The van der Waals surface area contributed by atoms with Crippen LogP contribution in [0, 0.1) is 6.92 Å². The zero-order chi connectivity index (χ0) is 13.7. The van der Waals surface area contributed by atoms with E-state index in [2.05, 4.69) is 10.3 Å². The van der Waals surface area contributed by atoms with Gasteiger partial charge in [0.2, 0.25) is 5.89 Å². The lowest BCUT2D eigenvalue weighted by atomic mass is 9.86. The molecule has 0 spiro atoms. The first-order valence-corrected chi connectivity index (χ1v) is 6.08. The third-order valence-corrected chi connectivity index (χ3v) is 3.72. The van der Waals surface area contributed by atoms with Crippen molar-refractivity contribution in [1.82, 2.24) is 10.3 Å². The molecule has 1 N–H and O–H groups in total. The first-order valence-electron chi connectivity index (χ1n) is 6.08. The number of aryl methyl sites for hydroxylation is 1. The minimum atomic E-state index is -4.37. The lowest BCUT2D eigenvalue weighted by Crippen LogP contribution is -2.44. The maximum atomic E-state index is 13.4. The zero-order valence-electron chi connectivity index (χ0n) is 10.3. The molecule has 1 saturated heterocycles. The number of halogens is 3. The summed E-state index contributed by atoms with van der Waals surface area (Å²) in [6.45, 7) is 1.93. The number of para-hydroxylation sites is 1. The van der Waals surface area contributed by atoms with Crippen LogP contribution in [-0.4, -0.2) is 24.2 Å². The second-order valence-corrected chi connectivity index (χ2v) is 4.95. The molecule has 3 nitrogen and oxygen atoms in total. The van der Waals surface area contributed by atoms with Crippen molar-refractivity contribution in [1.29, 1.82) is 0 Å². The Hall–Kier alpha value is -1.56. The average molecular weight is 270 g/mol. The molecule has 0 radical (unpaired) electrons. The standard InChI is InChI=1S/C13H13F3N2O/c1-8-3-2-4-9-10(8)19-11(18-9)12(13(14,15)16)5-6-17-7-12/h2-4,17H,5-7H2,1H3. The van der Waals surface area contributed by atoms with E-state index in [4.69, 9.17) is 4.42 Å². The number of hydrogen-bond acceptors (Lipinski definition) is 3. The summed E-state index contributed by atoms with van der Waals surface area (Å²) in [5.74, 6) is -0.227. The highest BCUT2D eigenvalue weighted by atomic mass is 19.4. The van der Waals surface area contributed by atoms with Crippen molar-refractivity contribution in [3.8, 4) is 0 Å². The first kappa shape index (κ1) is 12.5. The Labute approximate surface area is 107 Å². The van der Waals surface area contributed by atoms with Crippen LogP contribution in [0.1, 0.15) is 17.9 Å². The van der Waals surface area contributed by atoms with Gasteiger partial charge in [0.15, 0.2) is 11.0 Å². The molecule has 6 heteroatoms. The predicted molar refractivity (Wildman–Crippen MR) is 64.0 cm³/mol. The Bertz CT molecular complexity index is 612. The van der Waals surface area contributed by atoms with Crippen molar-refractivity contribution in [3.05, 3.63) is 29.7 Å². The number of oxazole rings is 1. The van der Waals surface area contributed by atoms with E-state index < -0.39 is 11.6 Å². The van der Waals surface area contributed by atoms with E-state index in [9.17, 15) is 13.2 Å². The summed E-state index contributed by atoms with van der Waals surface area (Å²) in [7, 11) is 0. The SMILES string of the molecule is Cc1cccc2nc(C3(C(F)(F)F)CCNC3)oc12. The van der Waals surface area contributed by atoms with Gasteiger partial charge in [-0.15, -0.1) is 0 Å². The zero-order valence-corrected chi connectivity index (χ0v) is 10.3. The van der Waals surface area contributed by atoms with Crippen LogP contribution in [0.2, 0.25) is 0 Å². The van der Waals surface area contributed by atoms with E-state index in [1.807, 2.05) is 0 Å². The lowest BCUT2D eigenvalue weighted by Gasteiger charge is -2.27. The molecule has 1 aliphatic rings. The monoisotopic (exact) mass is 270 g/mol. The van der Waals surface area contributed by atoms with Gasteiger partial charge in [-0.1, -0.05) is 12.1 Å². The molecule has 1 unspecified atom stereocenters. The molecule has 19 heavy (non-hydrogen) atoms. The topological polar surface area (TPSA) is 38.1 Å². The fourth-order valence-corrected chi connectivity index (χ4v) is 2.53. The maximum absolute atomic E-state index is 13.4. The number of alkyl halides is 3. The largest absolute Gasteiger partial charge is 0.439 e. The summed E-state index contributed by atoms with van der Waals surface area (Å²) in [5.41, 5.74) is -0.295. The lowest BCUT2D eigenvalue weighted by molar-refractivity contribution is -0.190. The number of fused-ring (bicyclic) bond motifs is 1. The molecule has 1 aromatic carbocycles.